The normalized spacial score (nSPS) is 20.2. The molecule has 0 aliphatic carbocycles. The number of rotatable bonds is 22. The van der Waals surface area contributed by atoms with Crippen LogP contribution in [0, 0.1) is 17.8 Å². The number of fused-ring (bicyclic) bond motifs is 1. The number of methoxy groups -OCH3 is 1. The van der Waals surface area contributed by atoms with Gasteiger partial charge in [-0.25, -0.2) is 22.6 Å². The predicted molar refractivity (Wildman–Crippen MR) is 220 cm³/mol. The Bertz CT molecular complexity index is 1990. The monoisotopic (exact) mass is 876 g/mol. The molecule has 60 heavy (non-hydrogen) atoms. The van der Waals surface area contributed by atoms with Crippen LogP contribution in [0.4, 0.5) is 4.79 Å². The Balaban J connectivity index is 1.34. The van der Waals surface area contributed by atoms with Crippen LogP contribution in [-0.2, 0) is 49.3 Å². The van der Waals surface area contributed by atoms with E-state index < -0.39 is 72.6 Å². The lowest BCUT2D eigenvalue weighted by Crippen LogP contribution is -2.51. The number of hydrogen-bond acceptors (Lipinski definition) is 14. The molecule has 0 radical (unpaired) electrons. The third-order valence-electron chi connectivity index (χ3n) is 9.82. The van der Waals surface area contributed by atoms with Crippen LogP contribution in [0.3, 0.4) is 0 Å². The molecule has 5 rings (SSSR count). The molecule has 7 atom stereocenters. The number of aliphatic hydroxyl groups excluding tert-OH is 1. The van der Waals surface area contributed by atoms with Crippen LogP contribution >= 0.6 is 7.60 Å². The first-order valence-electron chi connectivity index (χ1n) is 20.0. The summed E-state index contributed by atoms with van der Waals surface area (Å²) in [5.74, 6) is -0.274. The quantitative estimate of drug-likeness (QED) is 0.0880. The number of amides is 1. The molecule has 16 nitrogen and oxygen atoms in total. The Kier molecular flexibility index (Phi) is 16.8. The maximum Gasteiger partial charge on any atom is 0.417 e. The highest BCUT2D eigenvalue weighted by molar-refractivity contribution is 7.89. The minimum absolute atomic E-state index is 0.0231. The van der Waals surface area contributed by atoms with Gasteiger partial charge in [-0.3, -0.25) is 4.52 Å². The van der Waals surface area contributed by atoms with E-state index >= 15 is 0 Å². The second-order valence-corrected chi connectivity index (χ2v) is 19.1. The van der Waals surface area contributed by atoms with Crippen LogP contribution in [0.2, 0.25) is 0 Å². The first kappa shape index (κ1) is 46.8. The maximum absolute atomic E-state index is 14.2. The highest BCUT2D eigenvalue weighted by Gasteiger charge is 2.44. The van der Waals surface area contributed by atoms with Gasteiger partial charge in [0.2, 0.25) is 16.4 Å². The number of carbonyl (C=O) groups is 2. The molecular formula is C42H57N2O14PS. The van der Waals surface area contributed by atoms with Crippen molar-refractivity contribution in [3.63, 3.8) is 0 Å². The van der Waals surface area contributed by atoms with Crippen molar-refractivity contribution >= 4 is 29.7 Å². The zero-order chi connectivity index (χ0) is 43.5. The fraction of sp³-hybridized carbons (Fsp3) is 0.524. The zero-order valence-corrected chi connectivity index (χ0v) is 36.5. The molecule has 330 valence electrons. The molecule has 0 bridgehead atoms. The number of nitrogens with one attached hydrogen (secondary N) is 1. The first-order valence-corrected chi connectivity index (χ1v) is 23.2. The van der Waals surface area contributed by atoms with E-state index in [2.05, 4.69) is 5.32 Å². The summed E-state index contributed by atoms with van der Waals surface area (Å²) in [6, 6.07) is 19.9. The third-order valence-corrected chi connectivity index (χ3v) is 13.2. The second-order valence-electron chi connectivity index (χ2n) is 15.3. The minimum atomic E-state index is -4.14. The molecule has 2 heterocycles. The van der Waals surface area contributed by atoms with Crippen molar-refractivity contribution in [2.24, 2.45) is 17.8 Å². The topological polar surface area (TPSA) is 195 Å². The molecule has 0 aromatic heterocycles. The second kappa shape index (κ2) is 21.5. The van der Waals surface area contributed by atoms with E-state index in [0.29, 0.717) is 24.3 Å². The summed E-state index contributed by atoms with van der Waals surface area (Å²) in [7, 11) is -6.74. The van der Waals surface area contributed by atoms with Crippen molar-refractivity contribution in [2.75, 3.05) is 46.4 Å². The van der Waals surface area contributed by atoms with Gasteiger partial charge in [-0.15, -0.1) is 0 Å². The van der Waals surface area contributed by atoms with Gasteiger partial charge in [0, 0.05) is 13.1 Å². The summed E-state index contributed by atoms with van der Waals surface area (Å²) in [6.07, 6.45) is -4.22. The average molecular weight is 877 g/mol. The summed E-state index contributed by atoms with van der Waals surface area (Å²) in [5, 5.41) is 14.6. The van der Waals surface area contributed by atoms with Gasteiger partial charge in [0.25, 0.3) is 0 Å². The van der Waals surface area contributed by atoms with Gasteiger partial charge in [0.1, 0.15) is 23.4 Å². The minimum Gasteiger partial charge on any atom is -0.497 e. The molecular weight excluding hydrogens is 820 g/mol. The summed E-state index contributed by atoms with van der Waals surface area (Å²) in [5.41, 5.74) is 0.635. The number of aliphatic hydroxyl groups is 1. The maximum atomic E-state index is 14.2. The predicted octanol–water partition coefficient (Wildman–Crippen LogP) is 6.01. The first-order chi connectivity index (χ1) is 28.6. The third kappa shape index (κ3) is 12.9. The Labute approximate surface area is 352 Å². The van der Waals surface area contributed by atoms with Crippen molar-refractivity contribution < 1.29 is 65.1 Å². The van der Waals surface area contributed by atoms with E-state index in [1.54, 1.807) is 87.5 Å². The van der Waals surface area contributed by atoms with Gasteiger partial charge < -0.3 is 43.4 Å². The Morgan fingerprint density at radius 2 is 1.62 bits per heavy atom. The van der Waals surface area contributed by atoms with Gasteiger partial charge in [-0.05, 0) is 85.7 Å². The molecule has 1 unspecified atom stereocenters. The van der Waals surface area contributed by atoms with E-state index in [9.17, 15) is 27.7 Å². The van der Waals surface area contributed by atoms with Crippen LogP contribution in [-0.4, -0.2) is 107 Å². The SMILES string of the molecule is CCOC(=O)[C@H](OP(=O)(COc1ccc(C[C@H](NC(=O)O[C@H]2CO[C@H]3OCC[C@H]32)[C@H](O)CN(CC(C)C)S(=O)(=O)c2ccc(OC)cc2)cc1)Oc1ccccc1)C(C)C. The standard InChI is InChI=1S/C42H57N2O14PS/c1-7-52-40(46)39(29(4)5)58-59(48,57-33-11-9-8-10-12-33)27-55-32-15-13-30(14-16-32)23-36(43-42(47)56-38-26-54-41-35(38)21-22-53-41)37(45)25-44(24-28(2)3)60(49,50)34-19-17-31(51-6)18-20-34/h8-20,28-29,35-39,41,45H,7,21-27H2,1-6H3,(H,43,47)/t35-,36-,37+,38-,39+,41+,59?/m0/s1. The molecule has 3 aromatic rings. The Hall–Kier alpha value is -4.22. The van der Waals surface area contributed by atoms with Gasteiger partial charge in [-0.2, -0.15) is 4.31 Å². The molecule has 0 saturated carbocycles. The summed E-state index contributed by atoms with van der Waals surface area (Å²) in [4.78, 5) is 26.2. The average Bonchev–Trinajstić information content (AvgIpc) is 3.84. The summed E-state index contributed by atoms with van der Waals surface area (Å²) >= 11 is 0. The van der Waals surface area contributed by atoms with E-state index in [4.69, 9.17) is 37.5 Å². The molecule has 2 saturated heterocycles. The van der Waals surface area contributed by atoms with Crippen molar-refractivity contribution in [3.8, 4) is 17.2 Å². The highest BCUT2D eigenvalue weighted by Crippen LogP contribution is 2.50. The number of carbonyl (C=O) groups excluding carboxylic acids is 2. The summed E-state index contributed by atoms with van der Waals surface area (Å²) < 4.78 is 88.1. The number of alkyl carbamates (subject to hydrolysis) is 1. The Morgan fingerprint density at radius 3 is 2.25 bits per heavy atom. The van der Waals surface area contributed by atoms with Crippen molar-refractivity contribution in [2.45, 2.75) is 83.0 Å². The molecule has 0 spiro atoms. The van der Waals surface area contributed by atoms with Crippen molar-refractivity contribution in [1.29, 1.82) is 0 Å². The number of esters is 1. The van der Waals surface area contributed by atoms with Gasteiger partial charge in [-0.1, -0.05) is 58.0 Å². The van der Waals surface area contributed by atoms with Crippen LogP contribution < -0.4 is 19.3 Å². The molecule has 2 aliphatic rings. The number of nitrogens with zero attached hydrogens (tertiary/aromatic N) is 1. The number of ether oxygens (including phenoxy) is 6. The van der Waals surface area contributed by atoms with Gasteiger partial charge in [0.15, 0.2) is 12.4 Å². The van der Waals surface area contributed by atoms with Crippen LogP contribution in [0.5, 0.6) is 17.2 Å². The molecule has 2 N–H and O–H groups in total. The van der Waals surface area contributed by atoms with Gasteiger partial charge >= 0.3 is 19.7 Å². The van der Waals surface area contributed by atoms with Crippen LogP contribution in [0.1, 0.15) is 46.6 Å². The van der Waals surface area contributed by atoms with Crippen molar-refractivity contribution in [3.05, 3.63) is 84.4 Å². The number of hydrogen-bond donors (Lipinski definition) is 2. The molecule has 3 aromatic carbocycles. The van der Waals surface area contributed by atoms with Crippen LogP contribution in [0.25, 0.3) is 0 Å². The molecule has 2 fully saturated rings. The van der Waals surface area contributed by atoms with E-state index in [1.165, 1.54) is 23.5 Å². The van der Waals surface area contributed by atoms with E-state index in [0.717, 1.165) is 0 Å². The number of sulfonamides is 1. The lowest BCUT2D eigenvalue weighted by molar-refractivity contribution is -0.153. The van der Waals surface area contributed by atoms with Gasteiger partial charge in [0.05, 0.1) is 49.9 Å². The van der Waals surface area contributed by atoms with E-state index in [-0.39, 0.29) is 61.0 Å². The van der Waals surface area contributed by atoms with E-state index in [1.807, 2.05) is 13.8 Å². The number of para-hydroxylation sites is 1. The molecule has 1 amide bonds. The lowest BCUT2D eigenvalue weighted by Gasteiger charge is -2.31. The molecule has 18 heteroatoms. The highest BCUT2D eigenvalue weighted by atomic mass is 32.2. The largest absolute Gasteiger partial charge is 0.497 e. The van der Waals surface area contributed by atoms with Crippen molar-refractivity contribution in [1.82, 2.24) is 9.62 Å². The molecule has 2 aliphatic heterocycles. The Morgan fingerprint density at radius 1 is 0.933 bits per heavy atom. The fourth-order valence-electron chi connectivity index (χ4n) is 6.75. The zero-order valence-electron chi connectivity index (χ0n) is 34.8. The lowest BCUT2D eigenvalue weighted by atomic mass is 10.0. The summed E-state index contributed by atoms with van der Waals surface area (Å²) in [6.45, 7) is 9.37. The fourth-order valence-corrected chi connectivity index (χ4v) is 9.95. The number of benzene rings is 3. The van der Waals surface area contributed by atoms with Crippen LogP contribution in [0.15, 0.2) is 83.8 Å². The smallest absolute Gasteiger partial charge is 0.417 e.